The third kappa shape index (κ3) is 5.12. The van der Waals surface area contributed by atoms with Crippen LogP contribution in [-0.2, 0) is 16.6 Å². The molecule has 1 aromatic heterocycles. The van der Waals surface area contributed by atoms with Crippen LogP contribution < -0.4 is 11.1 Å². The molecular weight excluding hydrogens is 495 g/mol. The van der Waals surface area contributed by atoms with Crippen molar-refractivity contribution in [3.8, 4) is 22.9 Å². The maximum atomic E-state index is 15.1. The Bertz CT molecular complexity index is 1640. The average Bonchev–Trinajstić information content (AvgIpc) is 3.34. The summed E-state index contributed by atoms with van der Waals surface area (Å²) < 4.78 is 43.0. The van der Waals surface area contributed by atoms with Crippen LogP contribution in [0.15, 0.2) is 77.7 Å². The van der Waals surface area contributed by atoms with Crippen molar-refractivity contribution in [2.24, 2.45) is 5.73 Å². The lowest BCUT2D eigenvalue weighted by Gasteiger charge is -2.16. The van der Waals surface area contributed by atoms with Crippen LogP contribution in [0.4, 0.5) is 10.1 Å². The van der Waals surface area contributed by atoms with Crippen molar-refractivity contribution >= 4 is 21.6 Å². The highest BCUT2D eigenvalue weighted by Crippen LogP contribution is 2.31. The monoisotopic (exact) mass is 518 g/mol. The number of carbonyl (C=O) groups excluding carboxylic acids is 1. The van der Waals surface area contributed by atoms with Gasteiger partial charge in [-0.25, -0.2) is 21.8 Å². The second kappa shape index (κ2) is 10.3. The second-order valence-electron chi connectivity index (χ2n) is 8.24. The summed E-state index contributed by atoms with van der Waals surface area (Å²) in [6, 6.07) is 20.5. The molecule has 0 saturated carbocycles. The zero-order chi connectivity index (χ0) is 26.7. The molecule has 0 spiro atoms. The quantitative estimate of drug-likeness (QED) is 0.385. The maximum Gasteiger partial charge on any atom is 0.274 e. The normalized spacial score (nSPS) is 11.4. The molecule has 0 aliphatic heterocycles. The summed E-state index contributed by atoms with van der Waals surface area (Å²) in [5.41, 5.74) is 7.59. The van der Waals surface area contributed by atoms with E-state index >= 15 is 4.39 Å². The van der Waals surface area contributed by atoms with Crippen LogP contribution in [0.25, 0.3) is 16.8 Å². The first-order valence-corrected chi connectivity index (χ1v) is 12.5. The molecule has 3 N–H and O–H groups in total. The minimum atomic E-state index is -3.77. The molecule has 11 heteroatoms. The van der Waals surface area contributed by atoms with Gasteiger partial charge >= 0.3 is 0 Å². The van der Waals surface area contributed by atoms with E-state index in [1.54, 1.807) is 36.4 Å². The minimum Gasteiger partial charge on any atom is -0.326 e. The molecule has 0 atom stereocenters. The predicted molar refractivity (Wildman–Crippen MR) is 137 cm³/mol. The van der Waals surface area contributed by atoms with E-state index in [9.17, 15) is 18.5 Å². The molecule has 4 aromatic rings. The van der Waals surface area contributed by atoms with Crippen molar-refractivity contribution in [3.63, 3.8) is 0 Å². The van der Waals surface area contributed by atoms with Gasteiger partial charge < -0.3 is 11.1 Å². The molecule has 1 heterocycles. The van der Waals surface area contributed by atoms with Gasteiger partial charge in [0.15, 0.2) is 5.69 Å². The van der Waals surface area contributed by atoms with E-state index in [1.165, 1.54) is 43.0 Å². The van der Waals surface area contributed by atoms with Crippen LogP contribution in [-0.4, -0.2) is 42.5 Å². The first-order valence-electron chi connectivity index (χ1n) is 11.1. The summed E-state index contributed by atoms with van der Waals surface area (Å²) in [5.74, 6) is -1.45. The molecule has 0 saturated heterocycles. The highest BCUT2D eigenvalue weighted by atomic mass is 32.2. The molecule has 1 amide bonds. The third-order valence-corrected chi connectivity index (χ3v) is 7.49. The van der Waals surface area contributed by atoms with Gasteiger partial charge in [0.1, 0.15) is 17.6 Å². The number of hydrogen-bond acceptors (Lipinski definition) is 6. The smallest absolute Gasteiger partial charge is 0.274 e. The highest BCUT2D eigenvalue weighted by Gasteiger charge is 2.23. The molecule has 0 aliphatic carbocycles. The Morgan fingerprint density at radius 2 is 1.86 bits per heavy atom. The van der Waals surface area contributed by atoms with Crippen molar-refractivity contribution in [1.29, 1.82) is 5.26 Å². The number of benzene rings is 3. The summed E-state index contributed by atoms with van der Waals surface area (Å²) in [5, 5.41) is 16.0. The van der Waals surface area contributed by atoms with Gasteiger partial charge in [0.25, 0.3) is 5.91 Å². The highest BCUT2D eigenvalue weighted by molar-refractivity contribution is 7.89. The largest absolute Gasteiger partial charge is 0.326 e. The van der Waals surface area contributed by atoms with Crippen LogP contribution in [0.1, 0.15) is 21.7 Å². The van der Waals surface area contributed by atoms with Gasteiger partial charge in [-0.1, -0.05) is 36.4 Å². The van der Waals surface area contributed by atoms with Crippen LogP contribution >= 0.6 is 0 Å². The Kier molecular flexibility index (Phi) is 7.17. The fourth-order valence-electron chi connectivity index (χ4n) is 3.71. The van der Waals surface area contributed by atoms with Gasteiger partial charge in [0.2, 0.25) is 10.0 Å². The maximum absolute atomic E-state index is 15.1. The molecular formula is C26H23FN6O3S. The molecule has 0 radical (unpaired) electrons. The molecule has 0 aliphatic rings. The summed E-state index contributed by atoms with van der Waals surface area (Å²) in [7, 11) is -0.940. The molecule has 0 unspecified atom stereocenters. The first-order chi connectivity index (χ1) is 17.6. The molecule has 37 heavy (non-hydrogen) atoms. The SMILES string of the molecule is CN(C)S(=O)(=O)c1ccccc1-c1ccc(NC(=O)c2cc(C#N)nn2-c2cccc(CN)c2)c(F)c1. The molecule has 9 nitrogen and oxygen atoms in total. The lowest BCUT2D eigenvalue weighted by Crippen LogP contribution is -2.22. The number of carbonyl (C=O) groups is 1. The number of amides is 1. The Balaban J connectivity index is 1.68. The van der Waals surface area contributed by atoms with E-state index in [2.05, 4.69) is 10.4 Å². The van der Waals surface area contributed by atoms with Crippen molar-refractivity contribution in [2.45, 2.75) is 11.4 Å². The summed E-state index contributed by atoms with van der Waals surface area (Å²) >= 11 is 0. The van der Waals surface area contributed by atoms with E-state index in [4.69, 9.17) is 5.73 Å². The standard InChI is InChI=1S/C26H23FN6O3S/c1-32(2)37(35,36)25-9-4-3-8-21(25)18-10-11-23(22(27)13-18)30-26(34)24-14-19(16-29)31-33(24)20-7-5-6-17(12-20)15-28/h3-14H,15,28H2,1-2H3,(H,30,34). The van der Waals surface area contributed by atoms with Gasteiger partial charge in [0, 0.05) is 32.3 Å². The Hall–Kier alpha value is -4.37. The van der Waals surface area contributed by atoms with Gasteiger partial charge in [-0.2, -0.15) is 10.4 Å². The molecule has 188 valence electrons. The number of halogens is 1. The number of rotatable bonds is 7. The number of hydrogen-bond donors (Lipinski definition) is 2. The summed E-state index contributed by atoms with van der Waals surface area (Å²) in [4.78, 5) is 13.1. The number of anilines is 1. The molecule has 0 fully saturated rings. The zero-order valence-electron chi connectivity index (χ0n) is 20.0. The molecule has 4 rings (SSSR count). The third-order valence-electron chi connectivity index (χ3n) is 5.62. The van der Waals surface area contributed by atoms with E-state index in [1.807, 2.05) is 12.1 Å². The average molecular weight is 519 g/mol. The summed E-state index contributed by atoms with van der Waals surface area (Å²) in [6.45, 7) is 0.276. The number of aromatic nitrogens is 2. The first kappa shape index (κ1) is 25.7. The van der Waals surface area contributed by atoms with E-state index in [0.29, 0.717) is 16.8 Å². The number of nitriles is 1. The Morgan fingerprint density at radius 1 is 1.11 bits per heavy atom. The van der Waals surface area contributed by atoms with Gasteiger partial charge in [-0.15, -0.1) is 0 Å². The van der Waals surface area contributed by atoms with Crippen molar-refractivity contribution in [1.82, 2.24) is 14.1 Å². The Morgan fingerprint density at radius 3 is 2.54 bits per heavy atom. The van der Waals surface area contributed by atoms with Crippen molar-refractivity contribution in [2.75, 3.05) is 19.4 Å². The van der Waals surface area contributed by atoms with E-state index in [0.717, 1.165) is 15.9 Å². The molecule has 0 bridgehead atoms. The number of sulfonamides is 1. The number of nitrogens with zero attached hydrogens (tertiary/aromatic N) is 4. The topological polar surface area (TPSA) is 134 Å². The predicted octanol–water partition coefficient (Wildman–Crippen LogP) is 3.51. The van der Waals surface area contributed by atoms with Crippen LogP contribution in [0.5, 0.6) is 0 Å². The fourth-order valence-corrected chi connectivity index (χ4v) is 4.81. The minimum absolute atomic E-state index is 0.0119. The van der Waals surface area contributed by atoms with Crippen LogP contribution in [0, 0.1) is 17.1 Å². The van der Waals surface area contributed by atoms with Gasteiger partial charge in [-0.3, -0.25) is 4.79 Å². The lowest BCUT2D eigenvalue weighted by molar-refractivity contribution is 0.101. The van der Waals surface area contributed by atoms with Crippen molar-refractivity contribution in [3.05, 3.63) is 95.6 Å². The fraction of sp³-hybridized carbons (Fsp3) is 0.115. The number of nitrogens with two attached hydrogens (primary N) is 1. The van der Waals surface area contributed by atoms with Crippen LogP contribution in [0.3, 0.4) is 0 Å². The van der Waals surface area contributed by atoms with Crippen molar-refractivity contribution < 1.29 is 17.6 Å². The van der Waals surface area contributed by atoms with E-state index < -0.39 is 21.7 Å². The molecule has 3 aromatic carbocycles. The number of nitrogens with one attached hydrogen (secondary N) is 1. The zero-order valence-corrected chi connectivity index (χ0v) is 20.8. The van der Waals surface area contributed by atoms with Gasteiger partial charge in [0.05, 0.1) is 16.3 Å². The second-order valence-corrected chi connectivity index (χ2v) is 10.4. The van der Waals surface area contributed by atoms with E-state index in [-0.39, 0.29) is 28.5 Å². The van der Waals surface area contributed by atoms with Crippen LogP contribution in [0.2, 0.25) is 0 Å². The Labute approximate surface area is 213 Å². The lowest BCUT2D eigenvalue weighted by atomic mass is 10.0. The van der Waals surface area contributed by atoms with Gasteiger partial charge in [-0.05, 0) is 41.5 Å². The summed E-state index contributed by atoms with van der Waals surface area (Å²) in [6.07, 6.45) is 0.